The number of nitrogens with one attached hydrogen (secondary N) is 1. The molecule has 4 rings (SSSR count). The number of hydrogen-bond acceptors (Lipinski definition) is 5. The summed E-state index contributed by atoms with van der Waals surface area (Å²) in [6.45, 7) is 4.45. The zero-order valence-corrected chi connectivity index (χ0v) is 15.9. The Balaban J connectivity index is 1.32. The van der Waals surface area contributed by atoms with Crippen molar-refractivity contribution in [3.05, 3.63) is 45.9 Å². The third-order valence-corrected chi connectivity index (χ3v) is 6.05. The molecule has 2 aromatic rings. The number of anilines is 1. The number of rotatable bonds is 4. The van der Waals surface area contributed by atoms with Gasteiger partial charge in [0.05, 0.1) is 0 Å². The quantitative estimate of drug-likeness (QED) is 0.882. The number of amides is 1. The predicted octanol–water partition coefficient (Wildman–Crippen LogP) is 4.02. The van der Waals surface area contributed by atoms with E-state index in [1.54, 1.807) is 11.3 Å². The van der Waals surface area contributed by atoms with Crippen LogP contribution in [0.1, 0.15) is 52.8 Å². The molecule has 1 aromatic carbocycles. The molecule has 138 valence electrons. The minimum Gasteiger partial charge on any atom is -0.382 e. The Labute approximate surface area is 158 Å². The van der Waals surface area contributed by atoms with Crippen LogP contribution < -0.4 is 5.32 Å². The molecule has 0 bridgehead atoms. The van der Waals surface area contributed by atoms with Crippen LogP contribution in [-0.2, 0) is 4.74 Å². The summed E-state index contributed by atoms with van der Waals surface area (Å²) in [4.78, 5) is 19.2. The average molecular weight is 372 g/mol. The zero-order valence-electron chi connectivity index (χ0n) is 15.1. The molecule has 5 nitrogen and oxygen atoms in total. The first-order chi connectivity index (χ1) is 12.7. The molecule has 2 saturated heterocycles. The number of aryl methyl sites for hydroxylation is 1. The van der Waals surface area contributed by atoms with Crippen molar-refractivity contribution in [1.29, 1.82) is 0 Å². The summed E-state index contributed by atoms with van der Waals surface area (Å²) in [5.41, 5.74) is 2.99. The van der Waals surface area contributed by atoms with E-state index in [0.717, 1.165) is 56.1 Å². The van der Waals surface area contributed by atoms with Gasteiger partial charge in [0.25, 0.3) is 5.91 Å². The molecule has 3 heterocycles. The number of aromatic nitrogens is 1. The largest absolute Gasteiger partial charge is 0.382 e. The highest BCUT2D eigenvalue weighted by Crippen LogP contribution is 2.31. The van der Waals surface area contributed by atoms with Gasteiger partial charge in [-0.1, -0.05) is 12.1 Å². The number of thiazole rings is 1. The van der Waals surface area contributed by atoms with Crippen LogP contribution in [0.3, 0.4) is 0 Å². The number of likely N-dealkylation sites (tertiary alicyclic amines) is 1. The number of ether oxygens (including phenoxy) is 1. The molecule has 0 saturated carbocycles. The van der Waals surface area contributed by atoms with Gasteiger partial charge >= 0.3 is 0 Å². The monoisotopic (exact) mass is 371 g/mol. The minimum absolute atomic E-state index is 0.0551. The lowest BCUT2D eigenvalue weighted by Gasteiger charge is -2.32. The molecule has 0 aliphatic carbocycles. The molecule has 1 aromatic heterocycles. The summed E-state index contributed by atoms with van der Waals surface area (Å²) < 4.78 is 5.67. The number of benzene rings is 1. The molecule has 2 aliphatic rings. The fourth-order valence-electron chi connectivity index (χ4n) is 3.67. The maximum atomic E-state index is 12.7. The number of hydrogen-bond donors (Lipinski definition) is 1. The molecule has 2 fully saturated rings. The van der Waals surface area contributed by atoms with Gasteiger partial charge in [-0.3, -0.25) is 4.79 Å². The molecule has 1 N–H and O–H groups in total. The summed E-state index contributed by atoms with van der Waals surface area (Å²) in [7, 11) is 0. The van der Waals surface area contributed by atoms with Crippen LogP contribution in [0.4, 0.5) is 5.69 Å². The summed E-state index contributed by atoms with van der Waals surface area (Å²) in [5, 5.41) is 6.43. The highest BCUT2D eigenvalue weighted by molar-refractivity contribution is 7.09. The van der Waals surface area contributed by atoms with E-state index in [1.807, 2.05) is 10.3 Å². The second-order valence-electron chi connectivity index (χ2n) is 7.15. The van der Waals surface area contributed by atoms with Crippen LogP contribution in [0.2, 0.25) is 0 Å². The predicted molar refractivity (Wildman–Crippen MR) is 104 cm³/mol. The van der Waals surface area contributed by atoms with Crippen molar-refractivity contribution in [3.8, 4) is 0 Å². The van der Waals surface area contributed by atoms with Crippen molar-refractivity contribution in [1.82, 2.24) is 9.88 Å². The van der Waals surface area contributed by atoms with Crippen molar-refractivity contribution in [2.24, 2.45) is 0 Å². The molecule has 0 unspecified atom stereocenters. The standard InChI is InChI=1S/C20H25N3O2S/c1-14-4-2-5-16(12-14)21-15-7-9-23(10-8-15)20(24)17-13-26-19(22-17)18-6-3-11-25-18/h2,4-5,12-13,15,18,21H,3,6-11H2,1H3/t18-/m0/s1. The van der Waals surface area contributed by atoms with Gasteiger partial charge in [0.1, 0.15) is 16.8 Å². The second-order valence-corrected chi connectivity index (χ2v) is 8.04. The van der Waals surface area contributed by atoms with Crippen LogP contribution >= 0.6 is 11.3 Å². The molecule has 6 heteroatoms. The number of nitrogens with zero attached hydrogens (tertiary/aromatic N) is 2. The first kappa shape index (κ1) is 17.5. The summed E-state index contributed by atoms with van der Waals surface area (Å²) in [6.07, 6.45) is 4.10. The summed E-state index contributed by atoms with van der Waals surface area (Å²) in [5.74, 6) is 0.0551. The first-order valence-corrected chi connectivity index (χ1v) is 10.3. The Morgan fingerprint density at radius 3 is 2.88 bits per heavy atom. The lowest BCUT2D eigenvalue weighted by atomic mass is 10.0. The smallest absolute Gasteiger partial charge is 0.273 e. The highest BCUT2D eigenvalue weighted by atomic mass is 32.1. The van der Waals surface area contributed by atoms with Crippen LogP contribution in [0, 0.1) is 6.92 Å². The molecule has 2 aliphatic heterocycles. The molecule has 0 radical (unpaired) electrons. The summed E-state index contributed by atoms with van der Waals surface area (Å²) in [6, 6.07) is 8.86. The number of carbonyl (C=O) groups is 1. The Hall–Kier alpha value is -1.92. The van der Waals surface area contributed by atoms with E-state index in [2.05, 4.69) is 41.5 Å². The van der Waals surface area contributed by atoms with E-state index in [0.29, 0.717) is 11.7 Å². The second kappa shape index (κ2) is 7.76. The van der Waals surface area contributed by atoms with Crippen molar-refractivity contribution < 1.29 is 9.53 Å². The topological polar surface area (TPSA) is 54.5 Å². The van der Waals surface area contributed by atoms with E-state index in [4.69, 9.17) is 4.74 Å². The van der Waals surface area contributed by atoms with Gasteiger partial charge in [-0.25, -0.2) is 4.98 Å². The van der Waals surface area contributed by atoms with Crippen LogP contribution in [0.5, 0.6) is 0 Å². The van der Waals surface area contributed by atoms with Gasteiger partial charge in [0.15, 0.2) is 0 Å². The molecule has 1 amide bonds. The SMILES string of the molecule is Cc1cccc(NC2CCN(C(=O)c3csc([C@@H]4CCCO4)n3)CC2)c1. The van der Waals surface area contributed by atoms with Crippen molar-refractivity contribution in [2.45, 2.75) is 44.8 Å². The van der Waals surface area contributed by atoms with Crippen molar-refractivity contribution >= 4 is 22.9 Å². The number of piperidine rings is 1. The van der Waals surface area contributed by atoms with Gasteiger partial charge in [0, 0.05) is 36.8 Å². The lowest BCUT2D eigenvalue weighted by molar-refractivity contribution is 0.0711. The van der Waals surface area contributed by atoms with Crippen LogP contribution in [0.15, 0.2) is 29.6 Å². The highest BCUT2D eigenvalue weighted by Gasteiger charge is 2.27. The lowest BCUT2D eigenvalue weighted by Crippen LogP contribution is -2.42. The third-order valence-electron chi connectivity index (χ3n) is 5.12. The maximum absolute atomic E-state index is 12.7. The van der Waals surface area contributed by atoms with Crippen LogP contribution in [0.25, 0.3) is 0 Å². The fourth-order valence-corrected chi connectivity index (χ4v) is 4.54. The Bertz CT molecular complexity index is 762. The Morgan fingerprint density at radius 2 is 2.15 bits per heavy atom. The Kier molecular flexibility index (Phi) is 5.22. The van der Waals surface area contributed by atoms with E-state index in [-0.39, 0.29) is 12.0 Å². The van der Waals surface area contributed by atoms with Crippen molar-refractivity contribution in [3.63, 3.8) is 0 Å². The molecular weight excluding hydrogens is 346 g/mol. The van der Waals surface area contributed by atoms with E-state index >= 15 is 0 Å². The van der Waals surface area contributed by atoms with E-state index in [9.17, 15) is 4.79 Å². The Morgan fingerprint density at radius 1 is 1.31 bits per heavy atom. The maximum Gasteiger partial charge on any atom is 0.273 e. The van der Waals surface area contributed by atoms with E-state index in [1.165, 1.54) is 5.56 Å². The molecular formula is C20H25N3O2S. The third kappa shape index (κ3) is 3.91. The molecule has 1 atom stereocenters. The average Bonchev–Trinajstić information content (AvgIpc) is 3.33. The van der Waals surface area contributed by atoms with Gasteiger partial charge in [-0.15, -0.1) is 11.3 Å². The molecule has 0 spiro atoms. The normalized spacial score (nSPS) is 21.1. The molecule has 26 heavy (non-hydrogen) atoms. The van der Waals surface area contributed by atoms with Crippen molar-refractivity contribution in [2.75, 3.05) is 25.0 Å². The van der Waals surface area contributed by atoms with Gasteiger partial charge in [-0.05, 0) is 50.3 Å². The van der Waals surface area contributed by atoms with Gasteiger partial charge in [0.2, 0.25) is 0 Å². The van der Waals surface area contributed by atoms with E-state index < -0.39 is 0 Å². The number of carbonyl (C=O) groups excluding carboxylic acids is 1. The van der Waals surface area contributed by atoms with Gasteiger partial charge in [-0.2, -0.15) is 0 Å². The summed E-state index contributed by atoms with van der Waals surface area (Å²) >= 11 is 1.55. The minimum atomic E-state index is 0.0551. The van der Waals surface area contributed by atoms with Gasteiger partial charge < -0.3 is 15.0 Å². The zero-order chi connectivity index (χ0) is 17.9. The fraction of sp³-hybridized carbons (Fsp3) is 0.500. The van der Waals surface area contributed by atoms with Crippen LogP contribution in [-0.4, -0.2) is 41.5 Å². The first-order valence-electron chi connectivity index (χ1n) is 9.38.